The predicted molar refractivity (Wildman–Crippen MR) is 88.9 cm³/mol. The summed E-state index contributed by atoms with van der Waals surface area (Å²) in [5.74, 6) is -0.751. The van der Waals surface area contributed by atoms with Gasteiger partial charge in [-0.1, -0.05) is 18.2 Å². The minimum atomic E-state index is -1.12. The zero-order valence-corrected chi connectivity index (χ0v) is 13.8. The van der Waals surface area contributed by atoms with E-state index in [2.05, 4.69) is 18.5 Å². The van der Waals surface area contributed by atoms with Gasteiger partial charge in [0.05, 0.1) is 0 Å². The molecule has 23 heavy (non-hydrogen) atoms. The van der Waals surface area contributed by atoms with E-state index in [-0.39, 0.29) is 12.5 Å². The first-order chi connectivity index (χ1) is 10.9. The highest BCUT2D eigenvalue weighted by Crippen LogP contribution is 2.31. The Kier molecular flexibility index (Phi) is 5.00. The fourth-order valence-electron chi connectivity index (χ4n) is 2.40. The lowest BCUT2D eigenvalue weighted by atomic mass is 10.0. The molecule has 1 N–H and O–H groups in total. The number of hydrogen-bond acceptors (Lipinski definition) is 4. The molecule has 2 rings (SSSR count). The van der Waals surface area contributed by atoms with Crippen molar-refractivity contribution in [3.8, 4) is 0 Å². The van der Waals surface area contributed by atoms with E-state index in [9.17, 15) is 14.4 Å². The lowest BCUT2D eigenvalue weighted by Crippen LogP contribution is -2.44. The van der Waals surface area contributed by atoms with Crippen molar-refractivity contribution in [3.05, 3.63) is 47.7 Å². The van der Waals surface area contributed by atoms with Gasteiger partial charge in [0.2, 0.25) is 5.91 Å². The monoisotopic (exact) mass is 333 g/mol. The number of amides is 4. The first-order valence-corrected chi connectivity index (χ1v) is 7.99. The minimum absolute atomic E-state index is 0.298. The van der Waals surface area contributed by atoms with Gasteiger partial charge in [0.1, 0.15) is 6.54 Å². The topological polar surface area (TPSA) is 69.7 Å². The van der Waals surface area contributed by atoms with Gasteiger partial charge in [0, 0.05) is 18.0 Å². The van der Waals surface area contributed by atoms with Gasteiger partial charge in [-0.25, -0.2) is 4.79 Å². The predicted octanol–water partition coefficient (Wildman–Crippen LogP) is 1.72. The average molecular weight is 333 g/mol. The van der Waals surface area contributed by atoms with E-state index in [4.69, 9.17) is 0 Å². The molecule has 122 valence electrons. The maximum atomic E-state index is 12.6. The second-order valence-electron chi connectivity index (χ2n) is 5.30. The maximum absolute atomic E-state index is 12.6. The van der Waals surface area contributed by atoms with Crippen molar-refractivity contribution < 1.29 is 14.4 Å². The fourth-order valence-corrected chi connectivity index (χ4v) is 3.23. The molecule has 0 saturated carbocycles. The summed E-state index contributed by atoms with van der Waals surface area (Å²) in [7, 11) is 0. The summed E-state index contributed by atoms with van der Waals surface area (Å²) in [6.07, 6.45) is 3.17. The third-order valence-electron chi connectivity index (χ3n) is 3.63. The molecule has 2 heterocycles. The Morgan fingerprint density at radius 2 is 2.04 bits per heavy atom. The van der Waals surface area contributed by atoms with Gasteiger partial charge in [0.25, 0.3) is 5.91 Å². The van der Waals surface area contributed by atoms with Crippen molar-refractivity contribution in [3.63, 3.8) is 0 Å². The average Bonchev–Trinajstić information content (AvgIpc) is 3.11. The summed E-state index contributed by atoms with van der Waals surface area (Å²) in [5.41, 5.74) is -1.12. The van der Waals surface area contributed by atoms with Crippen LogP contribution in [0.25, 0.3) is 0 Å². The van der Waals surface area contributed by atoms with Gasteiger partial charge >= 0.3 is 6.03 Å². The molecule has 1 fully saturated rings. The van der Waals surface area contributed by atoms with Crippen LogP contribution in [0.1, 0.15) is 11.8 Å². The van der Waals surface area contributed by atoms with Crippen molar-refractivity contribution in [1.29, 1.82) is 0 Å². The highest BCUT2D eigenvalue weighted by Gasteiger charge is 2.50. The maximum Gasteiger partial charge on any atom is 0.325 e. The second-order valence-corrected chi connectivity index (χ2v) is 6.25. The van der Waals surface area contributed by atoms with Gasteiger partial charge in [-0.15, -0.1) is 24.5 Å². The summed E-state index contributed by atoms with van der Waals surface area (Å²) in [4.78, 5) is 40.3. The number of carbonyl (C=O) groups is 3. The second kappa shape index (κ2) is 6.78. The van der Waals surface area contributed by atoms with E-state index in [0.29, 0.717) is 13.1 Å². The summed E-state index contributed by atoms with van der Waals surface area (Å²) in [6.45, 7) is 9.20. The van der Waals surface area contributed by atoms with Crippen LogP contribution in [-0.4, -0.2) is 47.3 Å². The lowest BCUT2D eigenvalue weighted by molar-refractivity contribution is -0.138. The van der Waals surface area contributed by atoms with Crippen LogP contribution >= 0.6 is 11.3 Å². The van der Waals surface area contributed by atoms with E-state index in [1.165, 1.54) is 16.2 Å². The molecule has 0 radical (unpaired) electrons. The Morgan fingerprint density at radius 3 is 2.57 bits per heavy atom. The van der Waals surface area contributed by atoms with Gasteiger partial charge in [0.15, 0.2) is 5.54 Å². The Labute approximate surface area is 139 Å². The van der Waals surface area contributed by atoms with E-state index in [1.807, 2.05) is 11.4 Å². The normalized spacial score (nSPS) is 20.3. The van der Waals surface area contributed by atoms with Crippen LogP contribution in [0.15, 0.2) is 42.8 Å². The van der Waals surface area contributed by atoms with Crippen LogP contribution in [0.5, 0.6) is 0 Å². The molecule has 0 aliphatic carbocycles. The molecular weight excluding hydrogens is 314 g/mol. The molecule has 1 aliphatic rings. The van der Waals surface area contributed by atoms with Crippen molar-refractivity contribution in [2.24, 2.45) is 0 Å². The standard InChI is InChI=1S/C16H19N3O3S/c1-4-8-18(9-5-2)13(20)11-19-14(21)16(3,17-15(19)22)12-7-6-10-23-12/h4-7,10H,1-2,8-9,11H2,3H3,(H,17,22). The zero-order valence-electron chi connectivity index (χ0n) is 12.9. The molecule has 1 aromatic heterocycles. The van der Waals surface area contributed by atoms with Crippen LogP contribution in [0.4, 0.5) is 4.79 Å². The smallest absolute Gasteiger partial charge is 0.325 e. The van der Waals surface area contributed by atoms with E-state index >= 15 is 0 Å². The first kappa shape index (κ1) is 17.0. The number of urea groups is 1. The van der Waals surface area contributed by atoms with E-state index in [1.54, 1.807) is 25.1 Å². The third kappa shape index (κ3) is 3.19. The molecule has 1 atom stereocenters. The Hall–Kier alpha value is -2.41. The number of hydrogen-bond donors (Lipinski definition) is 1. The third-order valence-corrected chi connectivity index (χ3v) is 4.73. The van der Waals surface area contributed by atoms with Gasteiger partial charge in [-0.05, 0) is 18.4 Å². The minimum Gasteiger partial charge on any atom is -0.334 e. The van der Waals surface area contributed by atoms with Gasteiger partial charge < -0.3 is 10.2 Å². The highest BCUT2D eigenvalue weighted by molar-refractivity contribution is 7.10. The van der Waals surface area contributed by atoms with Crippen LogP contribution in [0, 0.1) is 0 Å². The molecule has 0 bridgehead atoms. The molecule has 4 amide bonds. The van der Waals surface area contributed by atoms with Crippen molar-refractivity contribution in [2.45, 2.75) is 12.5 Å². The van der Waals surface area contributed by atoms with E-state index in [0.717, 1.165) is 9.78 Å². The molecule has 1 unspecified atom stereocenters. The fraction of sp³-hybridized carbons (Fsp3) is 0.312. The SMILES string of the molecule is C=CCN(CC=C)C(=O)CN1C(=O)NC(C)(c2cccs2)C1=O. The highest BCUT2D eigenvalue weighted by atomic mass is 32.1. The first-order valence-electron chi connectivity index (χ1n) is 7.11. The van der Waals surface area contributed by atoms with Crippen molar-refractivity contribution in [2.75, 3.05) is 19.6 Å². The quantitative estimate of drug-likeness (QED) is 0.610. The van der Waals surface area contributed by atoms with Crippen LogP contribution in [-0.2, 0) is 15.1 Å². The molecule has 6 nitrogen and oxygen atoms in total. The van der Waals surface area contributed by atoms with Gasteiger partial charge in [-0.3, -0.25) is 14.5 Å². The molecule has 1 saturated heterocycles. The molecule has 1 aromatic rings. The molecular formula is C16H19N3O3S. The number of imide groups is 1. The van der Waals surface area contributed by atoms with Crippen LogP contribution in [0.2, 0.25) is 0 Å². The molecule has 7 heteroatoms. The molecule has 0 spiro atoms. The van der Waals surface area contributed by atoms with Crippen molar-refractivity contribution >= 4 is 29.2 Å². The van der Waals surface area contributed by atoms with E-state index < -0.39 is 17.5 Å². The van der Waals surface area contributed by atoms with Crippen LogP contribution < -0.4 is 5.32 Å². The number of nitrogens with zero attached hydrogens (tertiary/aromatic N) is 2. The number of thiophene rings is 1. The number of rotatable bonds is 7. The Bertz CT molecular complexity index is 631. The number of nitrogens with one attached hydrogen (secondary N) is 1. The summed E-state index contributed by atoms with van der Waals surface area (Å²) >= 11 is 1.38. The summed E-state index contributed by atoms with van der Waals surface area (Å²) in [6, 6.07) is 3.04. The summed E-state index contributed by atoms with van der Waals surface area (Å²) < 4.78 is 0. The molecule has 0 aromatic carbocycles. The molecule has 1 aliphatic heterocycles. The lowest BCUT2D eigenvalue weighted by Gasteiger charge is -2.23. The summed E-state index contributed by atoms with van der Waals surface area (Å²) in [5, 5.41) is 4.51. The zero-order chi connectivity index (χ0) is 17.0. The van der Waals surface area contributed by atoms with Gasteiger partial charge in [-0.2, -0.15) is 0 Å². The number of carbonyl (C=O) groups excluding carboxylic acids is 3. The van der Waals surface area contributed by atoms with Crippen LogP contribution in [0.3, 0.4) is 0 Å². The Morgan fingerprint density at radius 1 is 1.39 bits per heavy atom. The Balaban J connectivity index is 2.16. The largest absolute Gasteiger partial charge is 0.334 e. The van der Waals surface area contributed by atoms with Crippen molar-refractivity contribution in [1.82, 2.24) is 15.1 Å².